The Hall–Kier alpha value is -0.300. The summed E-state index contributed by atoms with van der Waals surface area (Å²) in [5.41, 5.74) is 1.47. The van der Waals surface area contributed by atoms with Gasteiger partial charge in [-0.3, -0.25) is 0 Å². The maximum Gasteiger partial charge on any atom is 0.0175 e. The van der Waals surface area contributed by atoms with E-state index < -0.39 is 0 Å². The summed E-state index contributed by atoms with van der Waals surface area (Å²) in [6, 6.07) is 8.75. The van der Waals surface area contributed by atoms with Gasteiger partial charge in [0.15, 0.2) is 0 Å². The summed E-state index contributed by atoms with van der Waals surface area (Å²) in [5, 5.41) is 0. The summed E-state index contributed by atoms with van der Waals surface area (Å²) < 4.78 is 1.17. The summed E-state index contributed by atoms with van der Waals surface area (Å²) in [6.45, 7) is 4.57. The van der Waals surface area contributed by atoms with Gasteiger partial charge in [-0.15, -0.1) is 0 Å². The zero-order chi connectivity index (χ0) is 11.1. The molecule has 0 radical (unpaired) electrons. The van der Waals surface area contributed by atoms with E-state index in [4.69, 9.17) is 0 Å². The summed E-state index contributed by atoms with van der Waals surface area (Å²) in [5.74, 6) is 0.867. The third-order valence-corrected chi connectivity index (χ3v) is 3.51. The molecule has 1 atom stereocenters. The van der Waals surface area contributed by atoms with E-state index in [0.717, 1.165) is 5.92 Å². The highest BCUT2D eigenvalue weighted by molar-refractivity contribution is 9.10. The van der Waals surface area contributed by atoms with Crippen LogP contribution in [0.2, 0.25) is 0 Å². The smallest absolute Gasteiger partial charge is 0.0175 e. The summed E-state index contributed by atoms with van der Waals surface area (Å²) in [6.07, 6.45) is 6.61. The molecular weight excluding hydrogens is 248 g/mol. The molecule has 0 saturated heterocycles. The number of benzene rings is 1. The second-order valence-corrected chi connectivity index (χ2v) is 5.16. The Kier molecular flexibility index (Phi) is 6.00. The molecule has 0 aliphatic rings. The van der Waals surface area contributed by atoms with E-state index in [2.05, 4.69) is 54.0 Å². The molecule has 84 valence electrons. The second kappa shape index (κ2) is 7.05. The van der Waals surface area contributed by atoms with Gasteiger partial charge in [-0.25, -0.2) is 0 Å². The van der Waals surface area contributed by atoms with Crippen LogP contribution in [-0.2, 0) is 6.42 Å². The maximum atomic E-state index is 3.47. The SMILES string of the molecule is CCCCC(CC)Cc1ccc(Br)cc1. The van der Waals surface area contributed by atoms with Crippen LogP contribution in [0.3, 0.4) is 0 Å². The van der Waals surface area contributed by atoms with E-state index in [-0.39, 0.29) is 0 Å². The van der Waals surface area contributed by atoms with E-state index in [1.165, 1.54) is 42.1 Å². The number of unbranched alkanes of at least 4 members (excludes halogenated alkanes) is 1. The maximum absolute atomic E-state index is 3.47. The fourth-order valence-corrected chi connectivity index (χ4v) is 2.16. The lowest BCUT2D eigenvalue weighted by Gasteiger charge is -2.14. The van der Waals surface area contributed by atoms with Gasteiger partial charge in [0.2, 0.25) is 0 Å². The lowest BCUT2D eigenvalue weighted by atomic mass is 9.92. The van der Waals surface area contributed by atoms with Crippen LogP contribution >= 0.6 is 15.9 Å². The highest BCUT2D eigenvalue weighted by atomic mass is 79.9. The predicted molar refractivity (Wildman–Crippen MR) is 71.2 cm³/mol. The highest BCUT2D eigenvalue weighted by Gasteiger charge is 2.06. The zero-order valence-electron chi connectivity index (χ0n) is 9.80. The topological polar surface area (TPSA) is 0 Å². The van der Waals surface area contributed by atoms with Crippen molar-refractivity contribution in [3.05, 3.63) is 34.3 Å². The molecule has 15 heavy (non-hydrogen) atoms. The Bertz CT molecular complexity index is 263. The average Bonchev–Trinajstić information content (AvgIpc) is 2.27. The summed E-state index contributed by atoms with van der Waals surface area (Å²) in [4.78, 5) is 0. The van der Waals surface area contributed by atoms with Gasteiger partial charge in [0.1, 0.15) is 0 Å². The quantitative estimate of drug-likeness (QED) is 0.665. The minimum atomic E-state index is 0.867. The molecule has 1 aromatic carbocycles. The van der Waals surface area contributed by atoms with Crippen molar-refractivity contribution in [2.75, 3.05) is 0 Å². The van der Waals surface area contributed by atoms with Crippen LogP contribution in [0.25, 0.3) is 0 Å². The van der Waals surface area contributed by atoms with Crippen LogP contribution in [0.4, 0.5) is 0 Å². The Labute approximate surface area is 102 Å². The lowest BCUT2D eigenvalue weighted by molar-refractivity contribution is 0.449. The van der Waals surface area contributed by atoms with Gasteiger partial charge in [0, 0.05) is 4.47 Å². The van der Waals surface area contributed by atoms with Crippen molar-refractivity contribution in [2.24, 2.45) is 5.92 Å². The van der Waals surface area contributed by atoms with Crippen molar-refractivity contribution >= 4 is 15.9 Å². The first kappa shape index (κ1) is 12.8. The standard InChI is InChI=1S/C14H21Br/c1-3-5-6-12(4-2)11-13-7-9-14(15)10-8-13/h7-10,12H,3-6,11H2,1-2H3. The predicted octanol–water partition coefficient (Wildman–Crippen LogP) is 5.21. The van der Waals surface area contributed by atoms with Gasteiger partial charge in [-0.1, -0.05) is 67.6 Å². The van der Waals surface area contributed by atoms with Gasteiger partial charge in [-0.05, 0) is 30.0 Å². The van der Waals surface area contributed by atoms with Crippen molar-refractivity contribution in [2.45, 2.75) is 46.0 Å². The summed E-state index contributed by atoms with van der Waals surface area (Å²) in [7, 11) is 0. The Balaban J connectivity index is 2.47. The normalized spacial score (nSPS) is 12.7. The fourth-order valence-electron chi connectivity index (χ4n) is 1.90. The van der Waals surface area contributed by atoms with E-state index in [9.17, 15) is 0 Å². The lowest BCUT2D eigenvalue weighted by Crippen LogP contribution is -2.03. The minimum absolute atomic E-state index is 0.867. The molecule has 1 unspecified atom stereocenters. The first-order chi connectivity index (χ1) is 7.26. The van der Waals surface area contributed by atoms with Gasteiger partial charge in [0.25, 0.3) is 0 Å². The first-order valence-corrected chi connectivity index (χ1v) is 6.80. The molecule has 1 heteroatoms. The second-order valence-electron chi connectivity index (χ2n) is 4.25. The van der Waals surface area contributed by atoms with Gasteiger partial charge in [-0.2, -0.15) is 0 Å². The zero-order valence-corrected chi connectivity index (χ0v) is 11.4. The Morgan fingerprint density at radius 2 is 1.80 bits per heavy atom. The average molecular weight is 269 g/mol. The molecule has 1 rings (SSSR count). The van der Waals surface area contributed by atoms with Gasteiger partial charge < -0.3 is 0 Å². The Morgan fingerprint density at radius 3 is 2.33 bits per heavy atom. The van der Waals surface area contributed by atoms with E-state index in [0.29, 0.717) is 0 Å². The van der Waals surface area contributed by atoms with Crippen LogP contribution in [0, 0.1) is 5.92 Å². The molecule has 0 nitrogen and oxygen atoms in total. The Morgan fingerprint density at radius 1 is 1.13 bits per heavy atom. The van der Waals surface area contributed by atoms with Crippen LogP contribution in [0.1, 0.15) is 45.1 Å². The number of hydrogen-bond acceptors (Lipinski definition) is 0. The van der Waals surface area contributed by atoms with Crippen molar-refractivity contribution in [1.29, 1.82) is 0 Å². The number of hydrogen-bond donors (Lipinski definition) is 0. The first-order valence-electron chi connectivity index (χ1n) is 6.00. The molecule has 0 aromatic heterocycles. The van der Waals surface area contributed by atoms with Crippen LogP contribution in [0.15, 0.2) is 28.7 Å². The van der Waals surface area contributed by atoms with Crippen LogP contribution in [-0.4, -0.2) is 0 Å². The van der Waals surface area contributed by atoms with Crippen molar-refractivity contribution in [3.63, 3.8) is 0 Å². The van der Waals surface area contributed by atoms with Crippen molar-refractivity contribution in [1.82, 2.24) is 0 Å². The third kappa shape index (κ3) is 4.83. The van der Waals surface area contributed by atoms with Crippen LogP contribution < -0.4 is 0 Å². The molecule has 1 aromatic rings. The van der Waals surface area contributed by atoms with E-state index >= 15 is 0 Å². The van der Waals surface area contributed by atoms with Gasteiger partial charge in [0.05, 0.1) is 0 Å². The molecule has 0 heterocycles. The number of halogens is 1. The fraction of sp³-hybridized carbons (Fsp3) is 0.571. The largest absolute Gasteiger partial charge is 0.0654 e. The molecule has 0 saturated carbocycles. The van der Waals surface area contributed by atoms with E-state index in [1.807, 2.05) is 0 Å². The highest BCUT2D eigenvalue weighted by Crippen LogP contribution is 2.19. The van der Waals surface area contributed by atoms with Crippen molar-refractivity contribution in [3.8, 4) is 0 Å². The van der Waals surface area contributed by atoms with Gasteiger partial charge >= 0.3 is 0 Å². The molecule has 0 aliphatic heterocycles. The molecule has 0 amide bonds. The summed E-state index contributed by atoms with van der Waals surface area (Å²) >= 11 is 3.47. The minimum Gasteiger partial charge on any atom is -0.0654 e. The van der Waals surface area contributed by atoms with Crippen LogP contribution in [0.5, 0.6) is 0 Å². The molecule has 0 aliphatic carbocycles. The molecule has 0 N–H and O–H groups in total. The van der Waals surface area contributed by atoms with E-state index in [1.54, 1.807) is 0 Å². The molecule has 0 bridgehead atoms. The monoisotopic (exact) mass is 268 g/mol. The third-order valence-electron chi connectivity index (χ3n) is 2.98. The molecule has 0 spiro atoms. The molecule has 0 fully saturated rings. The number of rotatable bonds is 6. The van der Waals surface area contributed by atoms with Crippen molar-refractivity contribution < 1.29 is 0 Å². The molecular formula is C14H21Br.